The summed E-state index contributed by atoms with van der Waals surface area (Å²) in [5.74, 6) is 0.307. The monoisotopic (exact) mass is 235 g/mol. The summed E-state index contributed by atoms with van der Waals surface area (Å²) in [7, 11) is 3.98. The van der Waals surface area contributed by atoms with Crippen LogP contribution in [0.1, 0.15) is 6.42 Å². The lowest BCUT2D eigenvalue weighted by atomic mass is 10.4. The Hall–Kier alpha value is -1.80. The van der Waals surface area contributed by atoms with Crippen molar-refractivity contribution in [2.24, 2.45) is 0 Å². The Morgan fingerprint density at radius 2 is 2.29 bits per heavy atom. The van der Waals surface area contributed by atoms with E-state index in [9.17, 15) is 4.79 Å². The van der Waals surface area contributed by atoms with Gasteiger partial charge in [0.25, 0.3) is 5.56 Å². The Morgan fingerprint density at radius 1 is 1.53 bits per heavy atom. The summed E-state index contributed by atoms with van der Waals surface area (Å²) in [5, 5.41) is 8.55. The second-order valence-corrected chi connectivity index (χ2v) is 3.97. The lowest BCUT2D eigenvalue weighted by Gasteiger charge is -2.10. The SMILES string of the molecule is CN(C)CCCOc1cccn(CC#N)c1=O. The number of pyridine rings is 1. The third-order valence-corrected chi connectivity index (χ3v) is 2.23. The van der Waals surface area contributed by atoms with Crippen molar-refractivity contribution in [3.8, 4) is 11.8 Å². The third-order valence-electron chi connectivity index (χ3n) is 2.23. The van der Waals surface area contributed by atoms with Crippen molar-refractivity contribution in [1.29, 1.82) is 5.26 Å². The molecule has 1 rings (SSSR count). The van der Waals surface area contributed by atoms with Crippen molar-refractivity contribution in [1.82, 2.24) is 9.47 Å². The highest BCUT2D eigenvalue weighted by Crippen LogP contribution is 2.02. The summed E-state index contributed by atoms with van der Waals surface area (Å²) in [4.78, 5) is 13.8. The summed E-state index contributed by atoms with van der Waals surface area (Å²) in [6.07, 6.45) is 2.44. The van der Waals surface area contributed by atoms with E-state index in [1.807, 2.05) is 20.2 Å². The molecule has 1 aromatic heterocycles. The van der Waals surface area contributed by atoms with Gasteiger partial charge in [-0.2, -0.15) is 5.26 Å². The van der Waals surface area contributed by atoms with Gasteiger partial charge in [-0.15, -0.1) is 0 Å². The first-order valence-corrected chi connectivity index (χ1v) is 5.49. The lowest BCUT2D eigenvalue weighted by molar-refractivity contribution is 0.277. The molecular formula is C12H17N3O2. The average Bonchev–Trinajstić information content (AvgIpc) is 2.29. The molecule has 0 aliphatic heterocycles. The van der Waals surface area contributed by atoms with Crippen LogP contribution in [0.15, 0.2) is 23.1 Å². The van der Waals surface area contributed by atoms with Crippen LogP contribution in [0.4, 0.5) is 0 Å². The van der Waals surface area contributed by atoms with Gasteiger partial charge >= 0.3 is 0 Å². The highest BCUT2D eigenvalue weighted by atomic mass is 16.5. The van der Waals surface area contributed by atoms with E-state index in [-0.39, 0.29) is 12.1 Å². The van der Waals surface area contributed by atoms with Crippen molar-refractivity contribution in [2.45, 2.75) is 13.0 Å². The van der Waals surface area contributed by atoms with Crippen molar-refractivity contribution < 1.29 is 4.74 Å². The van der Waals surface area contributed by atoms with E-state index in [2.05, 4.69) is 4.90 Å². The van der Waals surface area contributed by atoms with Gasteiger partial charge in [0.15, 0.2) is 5.75 Å². The minimum Gasteiger partial charge on any atom is -0.488 e. The minimum absolute atomic E-state index is 0.0493. The third kappa shape index (κ3) is 4.29. The predicted molar refractivity (Wildman–Crippen MR) is 65.0 cm³/mol. The number of nitriles is 1. The van der Waals surface area contributed by atoms with Crippen molar-refractivity contribution in [3.63, 3.8) is 0 Å². The second-order valence-electron chi connectivity index (χ2n) is 3.97. The highest BCUT2D eigenvalue weighted by Gasteiger charge is 2.03. The first-order chi connectivity index (χ1) is 8.15. The quantitative estimate of drug-likeness (QED) is 0.681. The molecule has 92 valence electrons. The number of rotatable bonds is 6. The van der Waals surface area contributed by atoms with Crippen molar-refractivity contribution >= 4 is 0 Å². The normalized spacial score (nSPS) is 10.2. The molecule has 0 amide bonds. The maximum Gasteiger partial charge on any atom is 0.293 e. The van der Waals surface area contributed by atoms with Gasteiger partial charge in [-0.1, -0.05) is 0 Å². The minimum atomic E-state index is -0.251. The first kappa shape index (κ1) is 13.3. The molecule has 1 heterocycles. The van der Waals surface area contributed by atoms with Crippen LogP contribution in [-0.4, -0.2) is 36.7 Å². The zero-order valence-electron chi connectivity index (χ0n) is 10.2. The largest absolute Gasteiger partial charge is 0.488 e. The van der Waals surface area contributed by atoms with Gasteiger partial charge in [-0.25, -0.2) is 0 Å². The first-order valence-electron chi connectivity index (χ1n) is 5.49. The molecule has 0 saturated heterocycles. The number of aromatic nitrogens is 1. The van der Waals surface area contributed by atoms with Crippen LogP contribution >= 0.6 is 0 Å². The van der Waals surface area contributed by atoms with Crippen LogP contribution in [0.5, 0.6) is 5.75 Å². The zero-order valence-corrected chi connectivity index (χ0v) is 10.2. The molecule has 0 aliphatic rings. The number of ether oxygens (including phenoxy) is 1. The van der Waals surface area contributed by atoms with Crippen LogP contribution in [0.3, 0.4) is 0 Å². The molecule has 0 fully saturated rings. The van der Waals surface area contributed by atoms with Crippen LogP contribution < -0.4 is 10.3 Å². The molecule has 0 unspecified atom stereocenters. The van der Waals surface area contributed by atoms with Gasteiger partial charge in [-0.05, 0) is 32.6 Å². The van der Waals surface area contributed by atoms with E-state index < -0.39 is 0 Å². The zero-order chi connectivity index (χ0) is 12.7. The average molecular weight is 235 g/mol. The summed E-state index contributed by atoms with van der Waals surface area (Å²) < 4.78 is 6.74. The number of hydrogen-bond acceptors (Lipinski definition) is 4. The van der Waals surface area contributed by atoms with Gasteiger partial charge < -0.3 is 9.64 Å². The molecule has 0 aliphatic carbocycles. The van der Waals surface area contributed by atoms with Crippen LogP contribution in [0.25, 0.3) is 0 Å². The maximum absolute atomic E-state index is 11.8. The maximum atomic E-state index is 11.8. The fraction of sp³-hybridized carbons (Fsp3) is 0.500. The van der Waals surface area contributed by atoms with Crippen LogP contribution in [0, 0.1) is 11.3 Å². The summed E-state index contributed by atoms with van der Waals surface area (Å²) in [5.41, 5.74) is -0.251. The van der Waals surface area contributed by atoms with E-state index >= 15 is 0 Å². The van der Waals surface area contributed by atoms with Crippen LogP contribution in [0.2, 0.25) is 0 Å². The van der Waals surface area contributed by atoms with Gasteiger partial charge in [0.05, 0.1) is 12.7 Å². The van der Waals surface area contributed by atoms with E-state index in [4.69, 9.17) is 10.00 Å². The van der Waals surface area contributed by atoms with E-state index in [0.717, 1.165) is 13.0 Å². The molecule has 0 saturated carbocycles. The fourth-order valence-electron chi connectivity index (χ4n) is 1.39. The number of nitrogens with zero attached hydrogens (tertiary/aromatic N) is 3. The Balaban J connectivity index is 2.57. The number of hydrogen-bond donors (Lipinski definition) is 0. The van der Waals surface area contributed by atoms with Gasteiger partial charge in [0, 0.05) is 12.7 Å². The molecule has 0 atom stereocenters. The standard InChI is InChI=1S/C12H17N3O2/c1-14(2)7-4-10-17-11-5-3-8-15(9-6-13)12(11)16/h3,5,8H,4,7,9-10H2,1-2H3. The molecule has 1 aromatic rings. The Morgan fingerprint density at radius 3 is 2.94 bits per heavy atom. The second kappa shape index (κ2) is 6.71. The Kier molecular flexibility index (Phi) is 5.24. The predicted octanol–water partition coefficient (Wildman–Crippen LogP) is 0.702. The van der Waals surface area contributed by atoms with Crippen molar-refractivity contribution in [2.75, 3.05) is 27.2 Å². The fourth-order valence-corrected chi connectivity index (χ4v) is 1.39. The molecule has 5 heteroatoms. The summed E-state index contributed by atoms with van der Waals surface area (Å²) >= 11 is 0. The van der Waals surface area contributed by atoms with Gasteiger partial charge in [0.1, 0.15) is 6.54 Å². The molecule has 17 heavy (non-hydrogen) atoms. The lowest BCUT2D eigenvalue weighted by Crippen LogP contribution is -2.22. The highest BCUT2D eigenvalue weighted by molar-refractivity contribution is 5.17. The van der Waals surface area contributed by atoms with Gasteiger partial charge in [-0.3, -0.25) is 9.36 Å². The van der Waals surface area contributed by atoms with E-state index in [1.165, 1.54) is 4.57 Å². The summed E-state index contributed by atoms with van der Waals surface area (Å²) in [6, 6.07) is 5.27. The molecular weight excluding hydrogens is 218 g/mol. The Bertz CT molecular complexity index is 446. The Labute approximate surface area is 101 Å². The molecule has 5 nitrogen and oxygen atoms in total. The molecule has 0 aromatic carbocycles. The topological polar surface area (TPSA) is 58.3 Å². The van der Waals surface area contributed by atoms with Gasteiger partial charge in [0.2, 0.25) is 0 Å². The van der Waals surface area contributed by atoms with Crippen molar-refractivity contribution in [3.05, 3.63) is 28.7 Å². The molecule has 0 radical (unpaired) electrons. The van der Waals surface area contributed by atoms with Crippen LogP contribution in [-0.2, 0) is 6.54 Å². The summed E-state index contributed by atoms with van der Waals surface area (Å²) in [6.45, 7) is 1.47. The van der Waals surface area contributed by atoms with E-state index in [1.54, 1.807) is 18.3 Å². The van der Waals surface area contributed by atoms with E-state index in [0.29, 0.717) is 12.4 Å². The molecule has 0 N–H and O–H groups in total. The smallest absolute Gasteiger partial charge is 0.293 e. The molecule has 0 bridgehead atoms. The molecule has 0 spiro atoms.